The minimum absolute atomic E-state index is 0.0476. The first-order chi connectivity index (χ1) is 29.5. The lowest BCUT2D eigenvalue weighted by Gasteiger charge is -2.25. The molecule has 3 rings (SSSR count). The number of aromatic nitrogens is 1. The lowest BCUT2D eigenvalue weighted by atomic mass is 10.0. The van der Waals surface area contributed by atoms with Crippen LogP contribution in [-0.4, -0.2) is 23.0 Å². The van der Waals surface area contributed by atoms with Crippen LogP contribution in [0.4, 0.5) is 11.4 Å². The molecule has 0 aliphatic carbocycles. The van der Waals surface area contributed by atoms with Crippen LogP contribution in [0.1, 0.15) is 222 Å². The van der Waals surface area contributed by atoms with Crippen LogP contribution >= 0.6 is 0 Å². The Morgan fingerprint density at radius 2 is 0.933 bits per heavy atom. The second-order valence-corrected chi connectivity index (χ2v) is 17.1. The number of unbranched alkanes of at least 4 members (excludes halogenated alkanes) is 26. The first-order valence-corrected chi connectivity index (χ1v) is 24.4. The summed E-state index contributed by atoms with van der Waals surface area (Å²) < 4.78 is 0. The Morgan fingerprint density at radius 3 is 1.35 bits per heavy atom. The van der Waals surface area contributed by atoms with Crippen LogP contribution in [-0.2, 0) is 0 Å². The van der Waals surface area contributed by atoms with E-state index in [4.69, 9.17) is 0 Å². The van der Waals surface area contributed by atoms with Crippen molar-refractivity contribution in [2.24, 2.45) is 0 Å². The number of benzene rings is 2. The van der Waals surface area contributed by atoms with Gasteiger partial charge in [0.1, 0.15) is 11.6 Å². The summed E-state index contributed by atoms with van der Waals surface area (Å²) in [6, 6.07) is 19.5. The van der Waals surface area contributed by atoms with Crippen LogP contribution in [0.5, 0.6) is 0 Å². The van der Waals surface area contributed by atoms with E-state index in [0.29, 0.717) is 5.56 Å². The molecule has 6 heteroatoms. The molecule has 0 N–H and O–H groups in total. The number of hydrogen-bond acceptors (Lipinski definition) is 5. The van der Waals surface area contributed by atoms with E-state index in [2.05, 4.69) is 60.1 Å². The first-order valence-electron chi connectivity index (χ1n) is 24.4. The summed E-state index contributed by atoms with van der Waals surface area (Å²) in [5, 5.41) is 20.4. The molecule has 2 aromatic carbocycles. The summed E-state index contributed by atoms with van der Waals surface area (Å²) in [6.07, 6.45) is 48.7. The minimum atomic E-state index is -0.535. The molecule has 328 valence electrons. The van der Waals surface area contributed by atoms with Crippen molar-refractivity contribution >= 4 is 35.7 Å². The molecular formula is C54H80N4O2. The van der Waals surface area contributed by atoms with Crippen LogP contribution in [0.15, 0.2) is 60.8 Å². The summed E-state index contributed by atoms with van der Waals surface area (Å²) in [7, 11) is 0. The first kappa shape index (κ1) is 50.1. The standard InChI is InChI=1S/C54H80N4O2/c1-3-5-7-9-11-13-15-17-19-21-23-25-27-29-43-57(44-30-28-26-24-22-20-18-16-14-12-10-8-6-4-2)53-40-35-48(36-41-53)31-32-50-34-39-52(56-47-50)38-33-49-37-42-54(58(59)60)51(45-49)46-55/h31-42,45,47H,3-30,43-44H2,1-2H3. The van der Waals surface area contributed by atoms with Crippen molar-refractivity contribution in [1.82, 2.24) is 4.98 Å². The van der Waals surface area contributed by atoms with E-state index in [9.17, 15) is 15.4 Å². The third-order valence-corrected chi connectivity index (χ3v) is 11.9. The lowest BCUT2D eigenvalue weighted by Crippen LogP contribution is -2.25. The summed E-state index contributed by atoms with van der Waals surface area (Å²) >= 11 is 0. The molecule has 0 spiro atoms. The van der Waals surface area contributed by atoms with Crippen molar-refractivity contribution < 1.29 is 4.92 Å². The lowest BCUT2D eigenvalue weighted by molar-refractivity contribution is -0.385. The summed E-state index contributed by atoms with van der Waals surface area (Å²) in [5.74, 6) is 0. The highest BCUT2D eigenvalue weighted by atomic mass is 16.6. The van der Waals surface area contributed by atoms with Gasteiger partial charge in [-0.1, -0.05) is 217 Å². The highest BCUT2D eigenvalue weighted by Gasteiger charge is 2.13. The number of anilines is 1. The molecule has 0 amide bonds. The molecule has 60 heavy (non-hydrogen) atoms. The molecule has 1 heterocycles. The minimum Gasteiger partial charge on any atom is -0.372 e. The van der Waals surface area contributed by atoms with Crippen LogP contribution in [0.25, 0.3) is 24.3 Å². The molecule has 1 aromatic heterocycles. The van der Waals surface area contributed by atoms with Crippen molar-refractivity contribution in [1.29, 1.82) is 5.26 Å². The number of nitro benzene ring substituents is 1. The maximum absolute atomic E-state index is 11.1. The van der Waals surface area contributed by atoms with Crippen LogP contribution in [0.3, 0.4) is 0 Å². The number of nitro groups is 1. The van der Waals surface area contributed by atoms with Crippen molar-refractivity contribution in [3.05, 3.63) is 98.9 Å². The van der Waals surface area contributed by atoms with Gasteiger partial charge in [0.05, 0.1) is 10.6 Å². The molecule has 0 saturated heterocycles. The van der Waals surface area contributed by atoms with Crippen LogP contribution in [0.2, 0.25) is 0 Å². The highest BCUT2D eigenvalue weighted by Crippen LogP contribution is 2.22. The second kappa shape index (κ2) is 33.5. The zero-order chi connectivity index (χ0) is 42.7. The van der Waals surface area contributed by atoms with E-state index in [1.807, 2.05) is 36.6 Å². The number of nitriles is 1. The summed E-state index contributed by atoms with van der Waals surface area (Å²) in [5.41, 5.74) is 4.86. The Balaban J connectivity index is 1.43. The number of hydrogen-bond donors (Lipinski definition) is 0. The quantitative estimate of drug-likeness (QED) is 0.0332. The molecule has 0 unspecified atom stereocenters. The fraction of sp³-hybridized carbons (Fsp3) is 0.593. The van der Waals surface area contributed by atoms with Gasteiger partial charge in [-0.2, -0.15) is 5.26 Å². The van der Waals surface area contributed by atoms with Crippen LogP contribution in [0, 0.1) is 21.4 Å². The van der Waals surface area contributed by atoms with Gasteiger partial charge in [0.15, 0.2) is 0 Å². The van der Waals surface area contributed by atoms with E-state index in [0.717, 1.165) is 24.3 Å². The fourth-order valence-corrected chi connectivity index (χ4v) is 8.05. The van der Waals surface area contributed by atoms with E-state index >= 15 is 0 Å². The van der Waals surface area contributed by atoms with Gasteiger partial charge in [-0.05, 0) is 65.9 Å². The third kappa shape index (κ3) is 22.9. The molecule has 0 aliphatic rings. The Morgan fingerprint density at radius 1 is 0.533 bits per heavy atom. The fourth-order valence-electron chi connectivity index (χ4n) is 8.05. The van der Waals surface area contributed by atoms with E-state index in [-0.39, 0.29) is 11.3 Å². The smallest absolute Gasteiger partial charge is 0.287 e. The molecule has 0 bridgehead atoms. The number of pyridine rings is 1. The topological polar surface area (TPSA) is 83.1 Å². The normalized spacial score (nSPS) is 11.5. The van der Waals surface area contributed by atoms with Crippen molar-refractivity contribution in [2.45, 2.75) is 194 Å². The molecule has 0 atom stereocenters. The van der Waals surface area contributed by atoms with Crippen molar-refractivity contribution in [3.8, 4) is 6.07 Å². The van der Waals surface area contributed by atoms with Gasteiger partial charge >= 0.3 is 0 Å². The Hall–Kier alpha value is -4.24. The maximum atomic E-state index is 11.1. The molecule has 6 nitrogen and oxygen atoms in total. The largest absolute Gasteiger partial charge is 0.372 e. The molecule has 0 fully saturated rings. The zero-order valence-electron chi connectivity index (χ0n) is 37.9. The molecule has 0 aliphatic heterocycles. The SMILES string of the molecule is CCCCCCCCCCCCCCCCN(CCCCCCCCCCCCCCCC)c1ccc(C=Cc2ccc(C=Cc3ccc([N+](=O)[O-])c(C#N)c3)nc2)cc1. The molecular weight excluding hydrogens is 737 g/mol. The predicted octanol–water partition coefficient (Wildman–Crippen LogP) is 17.0. The maximum Gasteiger partial charge on any atom is 0.287 e. The average molecular weight is 817 g/mol. The van der Waals surface area contributed by atoms with Gasteiger partial charge in [0, 0.05) is 31.0 Å². The Bertz CT molecular complexity index is 1610. The van der Waals surface area contributed by atoms with Crippen LogP contribution < -0.4 is 4.90 Å². The van der Waals surface area contributed by atoms with Crippen molar-refractivity contribution in [2.75, 3.05) is 18.0 Å². The predicted molar refractivity (Wildman–Crippen MR) is 259 cm³/mol. The molecule has 0 saturated carbocycles. The summed E-state index contributed by atoms with van der Waals surface area (Å²) in [6.45, 7) is 6.87. The highest BCUT2D eigenvalue weighted by molar-refractivity contribution is 5.73. The summed E-state index contributed by atoms with van der Waals surface area (Å²) in [4.78, 5) is 17.8. The van der Waals surface area contributed by atoms with Gasteiger partial charge in [-0.25, -0.2) is 0 Å². The Labute approximate surface area is 366 Å². The zero-order valence-corrected chi connectivity index (χ0v) is 37.9. The Kier molecular flexibility index (Phi) is 28.0. The molecule has 3 aromatic rings. The number of nitrogens with zero attached hydrogens (tertiary/aromatic N) is 4. The van der Waals surface area contributed by atoms with Gasteiger partial charge in [-0.3, -0.25) is 15.1 Å². The van der Waals surface area contributed by atoms with Gasteiger partial charge in [0.25, 0.3) is 5.69 Å². The molecule has 0 radical (unpaired) electrons. The monoisotopic (exact) mass is 817 g/mol. The second-order valence-electron chi connectivity index (χ2n) is 17.1. The number of rotatable bonds is 36. The van der Waals surface area contributed by atoms with E-state index < -0.39 is 4.92 Å². The van der Waals surface area contributed by atoms with E-state index in [1.165, 1.54) is 203 Å². The third-order valence-electron chi connectivity index (χ3n) is 11.9. The van der Waals surface area contributed by atoms with Gasteiger partial charge in [0.2, 0.25) is 0 Å². The van der Waals surface area contributed by atoms with Crippen molar-refractivity contribution in [3.63, 3.8) is 0 Å². The van der Waals surface area contributed by atoms with Gasteiger partial charge in [-0.15, -0.1) is 0 Å². The van der Waals surface area contributed by atoms with Gasteiger partial charge < -0.3 is 4.90 Å². The average Bonchev–Trinajstić information content (AvgIpc) is 3.27. The van der Waals surface area contributed by atoms with E-state index in [1.54, 1.807) is 6.07 Å².